The van der Waals surface area contributed by atoms with Crippen LogP contribution in [0.4, 0.5) is 5.69 Å². The number of hydrogen-bond donors (Lipinski definition) is 0. The standard InChI is InChI=1S/C27H29N3O4S2/c1-21-14-16-25(17-15-21)36(33,34)30-18-22(20-35(31,32)24-12-8-5-9-13-24)26(19-30)27(2,3)29-28-23-10-6-4-7-11-23/h4-17,20,26H,18-19H2,1-3H3/b22-20+,29-28?/t26-/m0/s1. The number of azo groups is 1. The van der Waals surface area contributed by atoms with Gasteiger partial charge in [0.1, 0.15) is 0 Å². The molecule has 1 saturated heterocycles. The van der Waals surface area contributed by atoms with Gasteiger partial charge in [0.15, 0.2) is 9.84 Å². The Balaban J connectivity index is 1.74. The lowest BCUT2D eigenvalue weighted by atomic mass is 9.85. The fraction of sp³-hybridized carbons (Fsp3) is 0.259. The van der Waals surface area contributed by atoms with Gasteiger partial charge in [0.25, 0.3) is 0 Å². The Hall–Kier alpha value is -3.14. The van der Waals surface area contributed by atoms with Gasteiger partial charge in [-0.05, 0) is 62.7 Å². The summed E-state index contributed by atoms with van der Waals surface area (Å²) in [4.78, 5) is 0.322. The third kappa shape index (κ3) is 5.64. The molecule has 1 aliphatic rings. The summed E-state index contributed by atoms with van der Waals surface area (Å²) < 4.78 is 54.7. The van der Waals surface area contributed by atoms with Gasteiger partial charge in [0.05, 0.1) is 21.0 Å². The van der Waals surface area contributed by atoms with E-state index in [9.17, 15) is 16.8 Å². The van der Waals surface area contributed by atoms with Crippen LogP contribution >= 0.6 is 0 Å². The molecular weight excluding hydrogens is 494 g/mol. The molecule has 1 fully saturated rings. The van der Waals surface area contributed by atoms with Gasteiger partial charge in [-0.2, -0.15) is 14.5 Å². The second-order valence-corrected chi connectivity index (χ2v) is 13.1. The van der Waals surface area contributed by atoms with Crippen LogP contribution in [0.25, 0.3) is 0 Å². The third-order valence-electron chi connectivity index (χ3n) is 6.26. The topological polar surface area (TPSA) is 96.2 Å². The minimum Gasteiger partial charge on any atom is -0.219 e. The molecule has 7 nitrogen and oxygen atoms in total. The molecule has 0 aliphatic carbocycles. The number of hydrogen-bond acceptors (Lipinski definition) is 6. The molecule has 0 N–H and O–H groups in total. The summed E-state index contributed by atoms with van der Waals surface area (Å²) in [5.74, 6) is -0.497. The predicted molar refractivity (Wildman–Crippen MR) is 140 cm³/mol. The molecule has 1 heterocycles. The highest BCUT2D eigenvalue weighted by atomic mass is 32.2. The second kappa shape index (κ2) is 10.1. The van der Waals surface area contributed by atoms with Gasteiger partial charge in [-0.3, -0.25) is 0 Å². The van der Waals surface area contributed by atoms with E-state index in [4.69, 9.17) is 0 Å². The van der Waals surface area contributed by atoms with Crippen molar-refractivity contribution >= 4 is 25.5 Å². The second-order valence-electron chi connectivity index (χ2n) is 9.40. The van der Waals surface area contributed by atoms with Crippen molar-refractivity contribution in [1.29, 1.82) is 0 Å². The summed E-state index contributed by atoms with van der Waals surface area (Å²) in [6.45, 7) is 5.62. The molecule has 0 aromatic heterocycles. The van der Waals surface area contributed by atoms with Crippen LogP contribution in [0.5, 0.6) is 0 Å². The van der Waals surface area contributed by atoms with Gasteiger partial charge < -0.3 is 0 Å². The zero-order valence-corrected chi connectivity index (χ0v) is 22.1. The van der Waals surface area contributed by atoms with E-state index < -0.39 is 31.3 Å². The Bertz CT molecular complexity index is 1480. The Labute approximate surface area is 213 Å². The number of sulfone groups is 1. The van der Waals surface area contributed by atoms with Crippen LogP contribution in [0.1, 0.15) is 19.4 Å². The van der Waals surface area contributed by atoms with E-state index >= 15 is 0 Å². The molecule has 36 heavy (non-hydrogen) atoms. The van der Waals surface area contributed by atoms with Crippen molar-refractivity contribution in [2.45, 2.75) is 36.1 Å². The van der Waals surface area contributed by atoms with Crippen molar-refractivity contribution in [3.05, 3.63) is 101 Å². The van der Waals surface area contributed by atoms with Crippen LogP contribution in [0.3, 0.4) is 0 Å². The number of sulfonamides is 1. The molecule has 9 heteroatoms. The van der Waals surface area contributed by atoms with Crippen LogP contribution in [-0.2, 0) is 19.9 Å². The van der Waals surface area contributed by atoms with Crippen molar-refractivity contribution in [1.82, 2.24) is 4.31 Å². The molecule has 0 amide bonds. The van der Waals surface area contributed by atoms with Gasteiger partial charge in [0.2, 0.25) is 10.0 Å². The van der Waals surface area contributed by atoms with Crippen LogP contribution < -0.4 is 0 Å². The molecular formula is C27H29N3O4S2. The summed E-state index contributed by atoms with van der Waals surface area (Å²) >= 11 is 0. The lowest BCUT2D eigenvalue weighted by molar-refractivity contribution is 0.346. The summed E-state index contributed by atoms with van der Waals surface area (Å²) in [7, 11) is -7.64. The summed E-state index contributed by atoms with van der Waals surface area (Å²) in [5, 5.41) is 10.1. The highest BCUT2D eigenvalue weighted by molar-refractivity contribution is 7.94. The molecule has 4 rings (SSSR count). The minimum atomic E-state index is -3.84. The first kappa shape index (κ1) is 25.9. The molecule has 1 aliphatic heterocycles. The predicted octanol–water partition coefficient (Wildman–Crippen LogP) is 5.54. The molecule has 0 spiro atoms. The zero-order chi connectivity index (χ0) is 26.0. The third-order valence-corrected chi connectivity index (χ3v) is 9.63. The van der Waals surface area contributed by atoms with E-state index in [0.29, 0.717) is 11.3 Å². The molecule has 0 radical (unpaired) electrons. The smallest absolute Gasteiger partial charge is 0.219 e. The highest BCUT2D eigenvalue weighted by Gasteiger charge is 2.44. The van der Waals surface area contributed by atoms with E-state index in [2.05, 4.69) is 10.2 Å². The van der Waals surface area contributed by atoms with Crippen molar-refractivity contribution in [3.8, 4) is 0 Å². The SMILES string of the molecule is Cc1ccc(S(=O)(=O)N2C/C(=C\S(=O)(=O)c3ccccc3)[C@@H](C(C)(C)N=Nc3ccccc3)C2)cc1. The van der Waals surface area contributed by atoms with Gasteiger partial charge in [-0.15, -0.1) is 0 Å². The Morgan fingerprint density at radius 1 is 0.833 bits per heavy atom. The first-order chi connectivity index (χ1) is 17.0. The van der Waals surface area contributed by atoms with Crippen molar-refractivity contribution in [2.75, 3.05) is 13.1 Å². The van der Waals surface area contributed by atoms with Crippen molar-refractivity contribution in [2.24, 2.45) is 16.1 Å². The van der Waals surface area contributed by atoms with Crippen LogP contribution in [0, 0.1) is 12.8 Å². The number of rotatable bonds is 7. The van der Waals surface area contributed by atoms with Crippen molar-refractivity contribution < 1.29 is 16.8 Å². The largest absolute Gasteiger partial charge is 0.243 e. The van der Waals surface area contributed by atoms with E-state index in [-0.39, 0.29) is 22.9 Å². The number of nitrogens with zero attached hydrogens (tertiary/aromatic N) is 3. The van der Waals surface area contributed by atoms with E-state index in [1.165, 1.54) is 21.8 Å². The molecule has 0 unspecified atom stereocenters. The molecule has 0 saturated carbocycles. The molecule has 188 valence electrons. The van der Waals surface area contributed by atoms with Crippen LogP contribution in [0.15, 0.2) is 116 Å². The lowest BCUT2D eigenvalue weighted by Crippen LogP contribution is -2.34. The van der Waals surface area contributed by atoms with E-state index in [1.54, 1.807) is 42.5 Å². The van der Waals surface area contributed by atoms with Gasteiger partial charge in [-0.1, -0.05) is 54.1 Å². The summed E-state index contributed by atoms with van der Waals surface area (Å²) in [6, 6.07) is 24.0. The number of benzene rings is 3. The van der Waals surface area contributed by atoms with Gasteiger partial charge in [0, 0.05) is 24.4 Å². The first-order valence-corrected chi connectivity index (χ1v) is 14.5. The zero-order valence-electron chi connectivity index (χ0n) is 20.4. The fourth-order valence-corrected chi connectivity index (χ4v) is 6.92. The summed E-state index contributed by atoms with van der Waals surface area (Å²) in [6.07, 6.45) is 0. The van der Waals surface area contributed by atoms with Crippen LogP contribution in [0.2, 0.25) is 0 Å². The normalized spacial score (nSPS) is 18.8. The molecule has 1 atom stereocenters. The Morgan fingerprint density at radius 2 is 1.42 bits per heavy atom. The maximum absolute atomic E-state index is 13.5. The quantitative estimate of drug-likeness (QED) is 0.380. The first-order valence-electron chi connectivity index (χ1n) is 11.5. The maximum atomic E-state index is 13.5. The molecule has 0 bridgehead atoms. The Morgan fingerprint density at radius 3 is 2.03 bits per heavy atom. The Kier molecular flexibility index (Phi) is 7.26. The van der Waals surface area contributed by atoms with Gasteiger partial charge in [-0.25, -0.2) is 16.8 Å². The maximum Gasteiger partial charge on any atom is 0.243 e. The van der Waals surface area contributed by atoms with E-state index in [0.717, 1.165) is 5.56 Å². The fourth-order valence-electron chi connectivity index (χ4n) is 4.17. The molecule has 3 aromatic carbocycles. The monoisotopic (exact) mass is 523 g/mol. The highest BCUT2D eigenvalue weighted by Crippen LogP contribution is 2.38. The van der Waals surface area contributed by atoms with Crippen LogP contribution in [-0.4, -0.2) is 39.8 Å². The van der Waals surface area contributed by atoms with Gasteiger partial charge >= 0.3 is 0 Å². The molecule has 3 aromatic rings. The van der Waals surface area contributed by atoms with Crippen molar-refractivity contribution in [3.63, 3.8) is 0 Å². The average molecular weight is 524 g/mol. The summed E-state index contributed by atoms with van der Waals surface area (Å²) in [5.41, 5.74) is 1.22. The lowest BCUT2D eigenvalue weighted by Gasteiger charge is -2.27. The van der Waals surface area contributed by atoms with E-state index in [1.807, 2.05) is 51.1 Å². The number of aryl methyl sites for hydroxylation is 1. The minimum absolute atomic E-state index is 0.0444. The average Bonchev–Trinajstić information content (AvgIpc) is 3.29.